The Balaban J connectivity index is 1.84. The average molecular weight is 224 g/mol. The molecule has 1 heterocycles. The van der Waals surface area contributed by atoms with Crippen LogP contribution in [-0.2, 0) is 4.79 Å². The molecule has 0 aromatic rings. The van der Waals surface area contributed by atoms with Crippen molar-refractivity contribution in [2.75, 3.05) is 19.6 Å². The zero-order valence-electron chi connectivity index (χ0n) is 10.3. The summed E-state index contributed by atoms with van der Waals surface area (Å²) >= 11 is 0. The molecule has 2 N–H and O–H groups in total. The van der Waals surface area contributed by atoms with Gasteiger partial charge in [-0.25, -0.2) is 0 Å². The number of hydrogen-bond acceptors (Lipinski definition) is 2. The first-order chi connectivity index (χ1) is 7.77. The summed E-state index contributed by atoms with van der Waals surface area (Å²) in [7, 11) is 0. The molecule has 2 fully saturated rings. The third-order valence-electron chi connectivity index (χ3n) is 4.50. The van der Waals surface area contributed by atoms with Crippen molar-refractivity contribution in [3.63, 3.8) is 0 Å². The summed E-state index contributed by atoms with van der Waals surface area (Å²) in [5, 5.41) is 6.52. The van der Waals surface area contributed by atoms with E-state index in [9.17, 15) is 4.79 Å². The Hall–Kier alpha value is -0.570. The molecule has 1 amide bonds. The fourth-order valence-corrected chi connectivity index (χ4v) is 2.77. The third-order valence-corrected chi connectivity index (χ3v) is 4.50. The first-order valence-electron chi connectivity index (χ1n) is 6.76. The van der Waals surface area contributed by atoms with Crippen molar-refractivity contribution in [3.05, 3.63) is 0 Å². The molecule has 0 atom stereocenters. The monoisotopic (exact) mass is 224 g/mol. The highest BCUT2D eigenvalue weighted by Crippen LogP contribution is 2.33. The van der Waals surface area contributed by atoms with Gasteiger partial charge in [0.25, 0.3) is 0 Å². The Morgan fingerprint density at radius 1 is 1.38 bits per heavy atom. The maximum atomic E-state index is 12.3. The molecule has 0 spiro atoms. The van der Waals surface area contributed by atoms with E-state index in [-0.39, 0.29) is 5.41 Å². The number of carbonyl (C=O) groups is 1. The maximum Gasteiger partial charge on any atom is 0.226 e. The maximum absolute atomic E-state index is 12.3. The van der Waals surface area contributed by atoms with Gasteiger partial charge in [-0.2, -0.15) is 0 Å². The van der Waals surface area contributed by atoms with Crippen molar-refractivity contribution in [1.82, 2.24) is 10.6 Å². The number of amides is 1. The highest BCUT2D eigenvalue weighted by Gasteiger charge is 2.37. The molecule has 1 aliphatic heterocycles. The van der Waals surface area contributed by atoms with E-state index in [1.54, 1.807) is 0 Å². The molecule has 0 aromatic carbocycles. The van der Waals surface area contributed by atoms with Gasteiger partial charge in [0.15, 0.2) is 0 Å². The lowest BCUT2D eigenvalue weighted by Crippen LogP contribution is -2.48. The number of hydrogen-bond donors (Lipinski definition) is 2. The lowest BCUT2D eigenvalue weighted by atomic mass is 9.75. The fraction of sp³-hybridized carbons (Fsp3) is 0.923. The zero-order chi connectivity index (χ0) is 11.4. The smallest absolute Gasteiger partial charge is 0.226 e. The lowest BCUT2D eigenvalue weighted by Gasteiger charge is -2.36. The molecule has 0 bridgehead atoms. The van der Waals surface area contributed by atoms with E-state index in [0.717, 1.165) is 44.8 Å². The second-order valence-corrected chi connectivity index (χ2v) is 5.39. The SMILES string of the molecule is CCC1(C(=O)NCC2CCC2)CCNCC1. The molecule has 16 heavy (non-hydrogen) atoms. The summed E-state index contributed by atoms with van der Waals surface area (Å²) in [5.74, 6) is 1.07. The number of rotatable bonds is 4. The quantitative estimate of drug-likeness (QED) is 0.763. The van der Waals surface area contributed by atoms with Crippen molar-refractivity contribution < 1.29 is 4.79 Å². The van der Waals surface area contributed by atoms with Crippen LogP contribution in [0.15, 0.2) is 0 Å². The van der Waals surface area contributed by atoms with Crippen molar-refractivity contribution in [2.24, 2.45) is 11.3 Å². The van der Waals surface area contributed by atoms with Crippen LogP contribution in [0.25, 0.3) is 0 Å². The molecule has 0 unspecified atom stereocenters. The van der Waals surface area contributed by atoms with Crippen molar-refractivity contribution >= 4 is 5.91 Å². The molecule has 92 valence electrons. The van der Waals surface area contributed by atoms with Crippen LogP contribution in [0, 0.1) is 11.3 Å². The van der Waals surface area contributed by atoms with E-state index < -0.39 is 0 Å². The highest BCUT2D eigenvalue weighted by atomic mass is 16.2. The predicted molar refractivity (Wildman–Crippen MR) is 65.2 cm³/mol. The normalized spacial score (nSPS) is 24.8. The van der Waals surface area contributed by atoms with Crippen molar-refractivity contribution in [3.8, 4) is 0 Å². The molecule has 0 radical (unpaired) electrons. The number of carbonyl (C=O) groups excluding carboxylic acids is 1. The van der Waals surface area contributed by atoms with E-state index in [1.807, 2.05) is 0 Å². The molecule has 0 aromatic heterocycles. The highest BCUT2D eigenvalue weighted by molar-refractivity contribution is 5.82. The van der Waals surface area contributed by atoms with Crippen LogP contribution in [0.3, 0.4) is 0 Å². The summed E-state index contributed by atoms with van der Waals surface area (Å²) < 4.78 is 0. The van der Waals surface area contributed by atoms with Crippen LogP contribution in [0.2, 0.25) is 0 Å². The summed E-state index contributed by atoms with van der Waals surface area (Å²) in [6.45, 7) is 5.04. The van der Waals surface area contributed by atoms with Crippen LogP contribution in [-0.4, -0.2) is 25.5 Å². The minimum Gasteiger partial charge on any atom is -0.355 e. The number of nitrogens with one attached hydrogen (secondary N) is 2. The van der Waals surface area contributed by atoms with Gasteiger partial charge in [-0.3, -0.25) is 4.79 Å². The molecule has 3 nitrogen and oxygen atoms in total. The Kier molecular flexibility index (Phi) is 3.85. The molecule has 2 aliphatic rings. The van der Waals surface area contributed by atoms with E-state index >= 15 is 0 Å². The van der Waals surface area contributed by atoms with E-state index in [2.05, 4.69) is 17.6 Å². The van der Waals surface area contributed by atoms with Crippen LogP contribution in [0.4, 0.5) is 0 Å². The van der Waals surface area contributed by atoms with Gasteiger partial charge in [0.2, 0.25) is 5.91 Å². The summed E-state index contributed by atoms with van der Waals surface area (Å²) in [6.07, 6.45) is 6.94. The molecular formula is C13H24N2O. The second kappa shape index (κ2) is 5.17. The largest absolute Gasteiger partial charge is 0.355 e. The zero-order valence-corrected chi connectivity index (χ0v) is 10.3. The van der Waals surface area contributed by atoms with Gasteiger partial charge in [0, 0.05) is 6.54 Å². The fourth-order valence-electron chi connectivity index (χ4n) is 2.77. The molecule has 2 rings (SSSR count). The van der Waals surface area contributed by atoms with Crippen LogP contribution < -0.4 is 10.6 Å². The summed E-state index contributed by atoms with van der Waals surface area (Å²) in [5.41, 5.74) is -0.0744. The molecular weight excluding hydrogens is 200 g/mol. The van der Waals surface area contributed by atoms with Gasteiger partial charge < -0.3 is 10.6 Å². The standard InChI is InChI=1S/C13H24N2O/c1-2-13(6-8-14-9-7-13)12(16)15-10-11-4-3-5-11/h11,14H,2-10H2,1H3,(H,15,16). The minimum atomic E-state index is -0.0744. The summed E-state index contributed by atoms with van der Waals surface area (Å²) in [4.78, 5) is 12.3. The van der Waals surface area contributed by atoms with Gasteiger partial charge in [0.1, 0.15) is 0 Å². The van der Waals surface area contributed by atoms with Crippen LogP contribution in [0.1, 0.15) is 45.4 Å². The van der Waals surface area contributed by atoms with Gasteiger partial charge >= 0.3 is 0 Å². The van der Waals surface area contributed by atoms with Gasteiger partial charge in [-0.15, -0.1) is 0 Å². The number of piperidine rings is 1. The molecule has 1 saturated heterocycles. The second-order valence-electron chi connectivity index (χ2n) is 5.39. The van der Waals surface area contributed by atoms with Gasteiger partial charge in [-0.1, -0.05) is 13.3 Å². The van der Waals surface area contributed by atoms with E-state index in [4.69, 9.17) is 0 Å². The van der Waals surface area contributed by atoms with Crippen molar-refractivity contribution in [2.45, 2.75) is 45.4 Å². The average Bonchev–Trinajstić information content (AvgIpc) is 2.27. The van der Waals surface area contributed by atoms with Crippen molar-refractivity contribution in [1.29, 1.82) is 0 Å². The van der Waals surface area contributed by atoms with Gasteiger partial charge in [-0.05, 0) is 51.1 Å². The van der Waals surface area contributed by atoms with E-state index in [1.165, 1.54) is 19.3 Å². The minimum absolute atomic E-state index is 0.0744. The van der Waals surface area contributed by atoms with E-state index in [0.29, 0.717) is 5.91 Å². The Morgan fingerprint density at radius 2 is 2.06 bits per heavy atom. The Labute approximate surface area is 98.4 Å². The summed E-state index contributed by atoms with van der Waals surface area (Å²) in [6, 6.07) is 0. The van der Waals surface area contributed by atoms with Gasteiger partial charge in [0.05, 0.1) is 5.41 Å². The topological polar surface area (TPSA) is 41.1 Å². The first kappa shape index (κ1) is 11.9. The first-order valence-corrected chi connectivity index (χ1v) is 6.76. The Morgan fingerprint density at radius 3 is 2.56 bits per heavy atom. The predicted octanol–water partition coefficient (Wildman–Crippen LogP) is 1.68. The van der Waals surface area contributed by atoms with Crippen LogP contribution in [0.5, 0.6) is 0 Å². The lowest BCUT2D eigenvalue weighted by molar-refractivity contribution is -0.133. The molecule has 1 aliphatic carbocycles. The molecule has 1 saturated carbocycles. The Bertz CT molecular complexity index is 242. The van der Waals surface area contributed by atoms with Crippen LogP contribution >= 0.6 is 0 Å². The molecule has 3 heteroatoms. The third kappa shape index (κ3) is 2.40.